The van der Waals surface area contributed by atoms with E-state index in [4.69, 9.17) is 5.21 Å². The summed E-state index contributed by atoms with van der Waals surface area (Å²) in [6, 6.07) is 0. The molecular formula is C4H9NO3. The van der Waals surface area contributed by atoms with Crippen LogP contribution in [0.25, 0.3) is 0 Å². The second-order valence-corrected chi connectivity index (χ2v) is 1.38. The van der Waals surface area contributed by atoms with Crippen molar-refractivity contribution in [3.63, 3.8) is 0 Å². The molecule has 0 amide bonds. The van der Waals surface area contributed by atoms with Gasteiger partial charge in [-0.05, 0) is 6.92 Å². The van der Waals surface area contributed by atoms with Gasteiger partial charge < -0.3 is 9.94 Å². The second-order valence-electron chi connectivity index (χ2n) is 1.38. The maximum atomic E-state index is 10.0. The van der Waals surface area contributed by atoms with E-state index in [0.717, 1.165) is 0 Å². The van der Waals surface area contributed by atoms with Crippen molar-refractivity contribution in [1.29, 1.82) is 0 Å². The van der Waals surface area contributed by atoms with Gasteiger partial charge in [0, 0.05) is 6.92 Å². The molecule has 8 heavy (non-hydrogen) atoms. The fourth-order valence-corrected chi connectivity index (χ4v) is 0.275. The van der Waals surface area contributed by atoms with Crippen LogP contribution in [0.3, 0.4) is 0 Å². The molecule has 0 aromatic heterocycles. The number of ether oxygens (including phenoxy) is 1. The lowest BCUT2D eigenvalue weighted by molar-refractivity contribution is -0.152. The Morgan fingerprint density at radius 1 is 1.88 bits per heavy atom. The van der Waals surface area contributed by atoms with Crippen LogP contribution < -0.4 is 5.48 Å². The van der Waals surface area contributed by atoms with Crippen LogP contribution in [0.1, 0.15) is 13.8 Å². The molecule has 0 saturated carbocycles. The predicted octanol–water partition coefficient (Wildman–Crippen LogP) is -0.126. The molecule has 0 radical (unpaired) electrons. The zero-order chi connectivity index (χ0) is 6.57. The third kappa shape index (κ3) is 3.58. The van der Waals surface area contributed by atoms with Crippen molar-refractivity contribution in [2.45, 2.75) is 20.1 Å². The van der Waals surface area contributed by atoms with Gasteiger partial charge in [-0.15, -0.1) is 0 Å². The third-order valence-electron chi connectivity index (χ3n) is 0.525. The Bertz CT molecular complexity index is 83.4. The van der Waals surface area contributed by atoms with Gasteiger partial charge in [0.1, 0.15) is 0 Å². The molecule has 0 heterocycles. The van der Waals surface area contributed by atoms with Gasteiger partial charge in [-0.25, -0.2) is 0 Å². The number of hydrogen-bond donors (Lipinski definition) is 2. The van der Waals surface area contributed by atoms with Crippen molar-refractivity contribution < 1.29 is 14.7 Å². The number of hydrogen-bond acceptors (Lipinski definition) is 4. The first-order chi connectivity index (χ1) is 3.66. The molecule has 4 heteroatoms. The first-order valence-corrected chi connectivity index (χ1v) is 2.23. The molecule has 0 aromatic carbocycles. The summed E-state index contributed by atoms with van der Waals surface area (Å²) in [5, 5.41) is 8.06. The van der Waals surface area contributed by atoms with E-state index < -0.39 is 12.2 Å². The summed E-state index contributed by atoms with van der Waals surface area (Å²) in [7, 11) is 0. The lowest BCUT2D eigenvalue weighted by Crippen LogP contribution is -2.26. The Labute approximate surface area is 47.4 Å². The molecule has 1 atom stereocenters. The number of rotatable bonds is 2. The normalized spacial score (nSPS) is 12.9. The predicted molar refractivity (Wildman–Crippen MR) is 26.2 cm³/mol. The van der Waals surface area contributed by atoms with Crippen molar-refractivity contribution in [1.82, 2.24) is 5.48 Å². The smallest absolute Gasteiger partial charge is 0.304 e. The highest BCUT2D eigenvalue weighted by molar-refractivity contribution is 5.66. The zero-order valence-corrected chi connectivity index (χ0v) is 4.84. The summed E-state index contributed by atoms with van der Waals surface area (Å²) < 4.78 is 4.40. The summed E-state index contributed by atoms with van der Waals surface area (Å²) >= 11 is 0. The number of esters is 1. The molecule has 2 N–H and O–H groups in total. The molecule has 48 valence electrons. The van der Waals surface area contributed by atoms with Gasteiger partial charge in [0.2, 0.25) is 0 Å². The minimum atomic E-state index is -0.618. The molecule has 1 unspecified atom stereocenters. The van der Waals surface area contributed by atoms with Crippen molar-refractivity contribution in [2.75, 3.05) is 0 Å². The van der Waals surface area contributed by atoms with Gasteiger partial charge in [0.25, 0.3) is 0 Å². The Balaban J connectivity index is 3.24. The van der Waals surface area contributed by atoms with E-state index in [-0.39, 0.29) is 0 Å². The lowest BCUT2D eigenvalue weighted by Gasteiger charge is -2.06. The van der Waals surface area contributed by atoms with Crippen LogP contribution >= 0.6 is 0 Å². The maximum Gasteiger partial charge on any atom is 0.304 e. The minimum Gasteiger partial charge on any atom is -0.445 e. The summed E-state index contributed by atoms with van der Waals surface area (Å²) in [6.07, 6.45) is -0.618. The Kier molecular flexibility index (Phi) is 3.14. The molecular weight excluding hydrogens is 110 g/mol. The molecule has 4 nitrogen and oxygen atoms in total. The summed E-state index contributed by atoms with van der Waals surface area (Å²) in [5.74, 6) is -0.418. The molecule has 0 aliphatic carbocycles. The molecule has 0 fully saturated rings. The van der Waals surface area contributed by atoms with Crippen molar-refractivity contribution in [2.24, 2.45) is 0 Å². The monoisotopic (exact) mass is 119 g/mol. The fraction of sp³-hybridized carbons (Fsp3) is 0.750. The molecule has 0 aliphatic heterocycles. The van der Waals surface area contributed by atoms with Crippen LogP contribution in [0.15, 0.2) is 0 Å². The molecule has 0 aromatic rings. The average molecular weight is 119 g/mol. The van der Waals surface area contributed by atoms with E-state index in [9.17, 15) is 4.79 Å². The molecule has 0 saturated heterocycles. The van der Waals surface area contributed by atoms with Gasteiger partial charge in [-0.1, -0.05) is 0 Å². The summed E-state index contributed by atoms with van der Waals surface area (Å²) in [5.41, 5.74) is 1.75. The highest BCUT2D eigenvalue weighted by atomic mass is 16.6. The quantitative estimate of drug-likeness (QED) is 0.302. The van der Waals surface area contributed by atoms with Gasteiger partial charge in [-0.3, -0.25) is 4.79 Å². The zero-order valence-electron chi connectivity index (χ0n) is 4.84. The van der Waals surface area contributed by atoms with E-state index in [1.165, 1.54) is 13.8 Å². The van der Waals surface area contributed by atoms with Crippen LogP contribution in [0.5, 0.6) is 0 Å². The van der Waals surface area contributed by atoms with E-state index in [1.54, 1.807) is 5.48 Å². The van der Waals surface area contributed by atoms with Crippen molar-refractivity contribution in [3.8, 4) is 0 Å². The van der Waals surface area contributed by atoms with Gasteiger partial charge >= 0.3 is 5.97 Å². The maximum absolute atomic E-state index is 10.0. The van der Waals surface area contributed by atoms with Crippen molar-refractivity contribution in [3.05, 3.63) is 0 Å². The van der Waals surface area contributed by atoms with Gasteiger partial charge in [-0.2, -0.15) is 5.48 Å². The van der Waals surface area contributed by atoms with Crippen molar-refractivity contribution >= 4 is 5.97 Å². The first-order valence-electron chi connectivity index (χ1n) is 2.23. The topological polar surface area (TPSA) is 58.6 Å². The van der Waals surface area contributed by atoms with Crippen LogP contribution in [-0.2, 0) is 9.53 Å². The Morgan fingerprint density at radius 3 is 2.50 bits per heavy atom. The van der Waals surface area contributed by atoms with E-state index in [2.05, 4.69) is 4.74 Å². The van der Waals surface area contributed by atoms with E-state index in [0.29, 0.717) is 0 Å². The highest BCUT2D eigenvalue weighted by Crippen LogP contribution is 1.82. The first kappa shape index (κ1) is 7.39. The summed E-state index contributed by atoms with van der Waals surface area (Å²) in [6.45, 7) is 2.79. The van der Waals surface area contributed by atoms with Crippen LogP contribution in [0.2, 0.25) is 0 Å². The standard InChI is InChI=1S/C4H9NO3/c1-3(5-7)8-4(2)6/h3,5,7H,1-2H3. The van der Waals surface area contributed by atoms with E-state index in [1.807, 2.05) is 0 Å². The van der Waals surface area contributed by atoms with Gasteiger partial charge in [0.15, 0.2) is 6.23 Å². The summed E-state index contributed by atoms with van der Waals surface area (Å²) in [4.78, 5) is 10.0. The van der Waals surface area contributed by atoms with Gasteiger partial charge in [0.05, 0.1) is 0 Å². The average Bonchev–Trinajstić information content (AvgIpc) is 1.65. The molecule has 0 bridgehead atoms. The Morgan fingerprint density at radius 2 is 2.38 bits per heavy atom. The van der Waals surface area contributed by atoms with Crippen LogP contribution in [0.4, 0.5) is 0 Å². The minimum absolute atomic E-state index is 0.418. The Hall–Kier alpha value is -0.610. The molecule has 0 aliphatic rings. The third-order valence-corrected chi connectivity index (χ3v) is 0.525. The SMILES string of the molecule is CC(=O)OC(C)NO. The van der Waals surface area contributed by atoms with Crippen LogP contribution in [-0.4, -0.2) is 17.4 Å². The number of carbonyl (C=O) groups is 1. The van der Waals surface area contributed by atoms with Crippen LogP contribution in [0, 0.1) is 0 Å². The highest BCUT2D eigenvalue weighted by Gasteiger charge is 1.99. The fourth-order valence-electron chi connectivity index (χ4n) is 0.275. The number of hydroxylamine groups is 1. The largest absolute Gasteiger partial charge is 0.445 e. The lowest BCUT2D eigenvalue weighted by atomic mass is 10.7. The molecule has 0 spiro atoms. The second kappa shape index (κ2) is 3.40. The molecule has 0 rings (SSSR count). The number of carbonyl (C=O) groups excluding carboxylic acids is 1. The van der Waals surface area contributed by atoms with E-state index >= 15 is 0 Å². The number of nitrogens with one attached hydrogen (secondary N) is 1.